The van der Waals surface area contributed by atoms with Crippen molar-refractivity contribution in [2.24, 2.45) is 4.99 Å². The van der Waals surface area contributed by atoms with Crippen LogP contribution in [0.25, 0.3) is 5.69 Å². The number of aromatic nitrogens is 2. The highest BCUT2D eigenvalue weighted by Gasteiger charge is 2.14. The van der Waals surface area contributed by atoms with Crippen molar-refractivity contribution < 1.29 is 14.7 Å². The second-order valence-electron chi connectivity index (χ2n) is 7.00. The average Bonchev–Trinajstić information content (AvgIpc) is 2.69. The third-order valence-electron chi connectivity index (χ3n) is 5.13. The number of aromatic amines is 1. The maximum absolute atomic E-state index is 12.9. The predicted octanol–water partition coefficient (Wildman–Crippen LogP) is -0.514. The van der Waals surface area contributed by atoms with Gasteiger partial charge in [-0.1, -0.05) is 0 Å². The van der Waals surface area contributed by atoms with Crippen molar-refractivity contribution in [1.82, 2.24) is 9.55 Å². The van der Waals surface area contributed by atoms with Crippen LogP contribution >= 0.6 is 0 Å². The number of hydrogen-bond donors (Lipinski definition) is 2. The lowest BCUT2D eigenvalue weighted by Gasteiger charge is -2.23. The lowest BCUT2D eigenvalue weighted by Crippen LogP contribution is -3.13. The Morgan fingerprint density at radius 2 is 1.89 bits per heavy atom. The lowest BCUT2D eigenvalue weighted by molar-refractivity contribution is -0.903. The zero-order valence-corrected chi connectivity index (χ0v) is 16.3. The van der Waals surface area contributed by atoms with Gasteiger partial charge in [0.2, 0.25) is 0 Å². The van der Waals surface area contributed by atoms with E-state index >= 15 is 0 Å². The molecule has 0 atom stereocenters. The van der Waals surface area contributed by atoms with E-state index < -0.39 is 17.1 Å². The highest BCUT2D eigenvalue weighted by Crippen LogP contribution is 2.18. The molecule has 0 radical (unpaired) electrons. The third-order valence-corrected chi connectivity index (χ3v) is 5.13. The van der Waals surface area contributed by atoms with Gasteiger partial charge in [-0.15, -0.1) is 0 Å². The summed E-state index contributed by atoms with van der Waals surface area (Å²) in [6, 6.07) is 6.48. The van der Waals surface area contributed by atoms with Crippen molar-refractivity contribution in [3.63, 3.8) is 0 Å². The van der Waals surface area contributed by atoms with Crippen LogP contribution in [0, 0.1) is 0 Å². The van der Waals surface area contributed by atoms with Crippen molar-refractivity contribution >= 4 is 5.71 Å². The highest BCUT2D eigenvalue weighted by molar-refractivity contribution is 6.00. The topological polar surface area (TPSA) is 104 Å². The molecule has 1 fully saturated rings. The predicted molar refractivity (Wildman–Crippen MR) is 105 cm³/mol. The van der Waals surface area contributed by atoms with Gasteiger partial charge in [0.25, 0.3) is 5.56 Å². The number of rotatable bonds is 6. The van der Waals surface area contributed by atoms with Crippen LogP contribution < -0.4 is 26.0 Å². The zero-order valence-electron chi connectivity index (χ0n) is 16.3. The number of nitrogens with one attached hydrogen (secondary N) is 2. The summed E-state index contributed by atoms with van der Waals surface area (Å²) in [4.78, 5) is 32.7. The fraction of sp³-hybridized carbons (Fsp3) is 0.450. The normalized spacial score (nSPS) is 15.6. The quantitative estimate of drug-likeness (QED) is 0.652. The maximum Gasteiger partial charge on any atom is 0.332 e. The van der Waals surface area contributed by atoms with Gasteiger partial charge in [-0.3, -0.25) is 19.3 Å². The maximum atomic E-state index is 12.9. The second-order valence-corrected chi connectivity index (χ2v) is 7.00. The molecule has 1 saturated heterocycles. The van der Waals surface area contributed by atoms with Crippen LogP contribution in [-0.4, -0.2) is 48.6 Å². The molecule has 0 bridgehead atoms. The molecule has 2 N–H and O–H groups in total. The summed E-state index contributed by atoms with van der Waals surface area (Å²) in [6.07, 6.45) is 3.75. The Morgan fingerprint density at radius 1 is 1.21 bits per heavy atom. The third kappa shape index (κ3) is 4.33. The molecule has 1 aromatic carbocycles. The molecular formula is C20H26N4O4. The van der Waals surface area contributed by atoms with Crippen molar-refractivity contribution in [2.75, 3.05) is 33.3 Å². The molecule has 28 heavy (non-hydrogen) atoms. The molecule has 2 aromatic rings. The number of aliphatic imine (C=N–C) groups is 1. The van der Waals surface area contributed by atoms with Crippen molar-refractivity contribution in [2.45, 2.75) is 26.2 Å². The Morgan fingerprint density at radius 3 is 2.54 bits per heavy atom. The lowest BCUT2D eigenvalue weighted by atomic mass is 10.1. The van der Waals surface area contributed by atoms with Gasteiger partial charge in [-0.2, -0.15) is 0 Å². The minimum absolute atomic E-state index is 0.0935. The molecular weight excluding hydrogens is 360 g/mol. The molecule has 0 amide bonds. The molecule has 1 aliphatic rings. The van der Waals surface area contributed by atoms with E-state index in [0.717, 1.165) is 24.2 Å². The smallest absolute Gasteiger partial charge is 0.332 e. The Labute approximate surface area is 163 Å². The fourth-order valence-electron chi connectivity index (χ4n) is 3.56. The molecule has 1 aliphatic heterocycles. The van der Waals surface area contributed by atoms with E-state index in [1.165, 1.54) is 31.3 Å². The summed E-state index contributed by atoms with van der Waals surface area (Å²) in [6.45, 7) is 5.35. The molecule has 3 rings (SSSR count). The standard InChI is InChI=1S/C20H26N4O4/c1-14(21-10-13-23-11-4-3-5-12-23)17-18(25)22-20(27)24(19(17)26)15-6-8-16(28-2)9-7-15/h6-9,26H,3-5,10-13H2,1-2H3,(H,22,25,27). The molecule has 2 heterocycles. The molecule has 0 spiro atoms. The summed E-state index contributed by atoms with van der Waals surface area (Å²) < 4.78 is 6.05. The van der Waals surface area contributed by atoms with Crippen LogP contribution in [0.5, 0.6) is 11.6 Å². The Kier molecular flexibility index (Phi) is 6.30. The number of hydrogen-bond acceptors (Lipinski definition) is 5. The van der Waals surface area contributed by atoms with E-state index in [2.05, 4.69) is 9.98 Å². The van der Waals surface area contributed by atoms with Crippen molar-refractivity contribution in [1.29, 1.82) is 0 Å². The van der Waals surface area contributed by atoms with E-state index in [4.69, 9.17) is 4.74 Å². The number of methoxy groups -OCH3 is 1. The Bertz CT molecular complexity index is 954. The van der Waals surface area contributed by atoms with E-state index in [1.807, 2.05) is 0 Å². The minimum Gasteiger partial charge on any atom is -0.859 e. The molecule has 0 aliphatic carbocycles. The summed E-state index contributed by atoms with van der Waals surface area (Å²) >= 11 is 0. The number of quaternary nitrogens is 1. The first-order valence-corrected chi connectivity index (χ1v) is 9.57. The van der Waals surface area contributed by atoms with Gasteiger partial charge in [0, 0.05) is 11.4 Å². The van der Waals surface area contributed by atoms with Gasteiger partial charge < -0.3 is 14.7 Å². The molecule has 1 aromatic heterocycles. The van der Waals surface area contributed by atoms with Gasteiger partial charge in [-0.05, 0) is 56.3 Å². The fourth-order valence-corrected chi connectivity index (χ4v) is 3.56. The minimum atomic E-state index is -0.769. The number of likely N-dealkylation sites (tertiary alicyclic amines) is 1. The summed E-state index contributed by atoms with van der Waals surface area (Å²) in [5.41, 5.74) is -0.853. The van der Waals surface area contributed by atoms with Gasteiger partial charge in [0.15, 0.2) is 0 Å². The van der Waals surface area contributed by atoms with Crippen LogP contribution in [0.3, 0.4) is 0 Å². The Balaban J connectivity index is 1.88. The molecule has 8 heteroatoms. The number of ether oxygens (including phenoxy) is 1. The second kappa shape index (κ2) is 8.88. The number of nitrogens with zero attached hydrogens (tertiary/aromatic N) is 2. The van der Waals surface area contributed by atoms with Crippen molar-refractivity contribution in [3.8, 4) is 17.3 Å². The van der Waals surface area contributed by atoms with Crippen LogP contribution in [0.2, 0.25) is 0 Å². The van der Waals surface area contributed by atoms with E-state index in [0.29, 0.717) is 23.7 Å². The summed E-state index contributed by atoms with van der Waals surface area (Å²) in [5, 5.41) is 12.9. The summed E-state index contributed by atoms with van der Waals surface area (Å²) in [5.74, 6) is -0.0580. The summed E-state index contributed by atoms with van der Waals surface area (Å²) in [7, 11) is 1.53. The van der Waals surface area contributed by atoms with Gasteiger partial charge in [0.05, 0.1) is 38.9 Å². The van der Waals surface area contributed by atoms with Crippen LogP contribution in [0.1, 0.15) is 31.7 Å². The van der Waals surface area contributed by atoms with Gasteiger partial charge in [-0.25, -0.2) is 4.79 Å². The van der Waals surface area contributed by atoms with Crippen LogP contribution in [0.15, 0.2) is 38.8 Å². The monoisotopic (exact) mass is 386 g/mol. The zero-order chi connectivity index (χ0) is 20.1. The first-order valence-electron chi connectivity index (χ1n) is 9.57. The molecule has 0 saturated carbocycles. The van der Waals surface area contributed by atoms with E-state index in [1.54, 1.807) is 31.2 Å². The van der Waals surface area contributed by atoms with E-state index in [-0.39, 0.29) is 5.56 Å². The van der Waals surface area contributed by atoms with Gasteiger partial charge in [0.1, 0.15) is 5.75 Å². The molecule has 150 valence electrons. The van der Waals surface area contributed by atoms with Crippen LogP contribution in [-0.2, 0) is 0 Å². The van der Waals surface area contributed by atoms with Crippen molar-refractivity contribution in [3.05, 3.63) is 50.7 Å². The highest BCUT2D eigenvalue weighted by atomic mass is 16.5. The van der Waals surface area contributed by atoms with Crippen LogP contribution in [0.4, 0.5) is 0 Å². The van der Waals surface area contributed by atoms with Gasteiger partial charge >= 0.3 is 5.69 Å². The Hall–Kier alpha value is -2.87. The number of H-pyrrole nitrogens is 1. The number of piperidine rings is 1. The average molecular weight is 386 g/mol. The first-order chi connectivity index (χ1) is 13.5. The first kappa shape index (κ1) is 19.9. The number of benzene rings is 1. The SMILES string of the molecule is COc1ccc(-n2c([O-])c(C(C)=NCC[NH+]3CCCCC3)c(=O)[nH]c2=O)cc1. The molecule has 8 nitrogen and oxygen atoms in total. The van der Waals surface area contributed by atoms with E-state index in [9.17, 15) is 14.7 Å². The largest absolute Gasteiger partial charge is 0.859 e. The molecule has 0 unspecified atom stereocenters.